The Balaban J connectivity index is 2.62. The monoisotopic (exact) mass is 189 g/mol. The van der Waals surface area contributed by atoms with Gasteiger partial charge < -0.3 is 10.8 Å². The highest BCUT2D eigenvalue weighted by Gasteiger charge is 2.38. The van der Waals surface area contributed by atoms with Gasteiger partial charge in [0, 0.05) is 4.75 Å². The van der Waals surface area contributed by atoms with Crippen LogP contribution in [0.4, 0.5) is 0 Å². The van der Waals surface area contributed by atoms with Crippen molar-refractivity contribution in [3.8, 4) is 0 Å². The molecule has 70 valence electrons. The van der Waals surface area contributed by atoms with Crippen LogP contribution in [0.25, 0.3) is 0 Å². The summed E-state index contributed by atoms with van der Waals surface area (Å²) in [7, 11) is 0. The summed E-state index contributed by atoms with van der Waals surface area (Å²) in [6.45, 7) is 0. The third-order valence-corrected chi connectivity index (χ3v) is 3.29. The number of hydrogen-bond acceptors (Lipinski definition) is 3. The van der Waals surface area contributed by atoms with E-state index in [-0.39, 0.29) is 0 Å². The summed E-state index contributed by atoms with van der Waals surface area (Å²) in [5.41, 5.74) is 5.55. The first-order valence-corrected chi connectivity index (χ1v) is 4.72. The topological polar surface area (TPSA) is 63.3 Å². The van der Waals surface area contributed by atoms with Crippen molar-refractivity contribution in [1.29, 1.82) is 0 Å². The van der Waals surface area contributed by atoms with Gasteiger partial charge in [-0.05, 0) is 12.8 Å². The van der Waals surface area contributed by atoms with E-state index in [9.17, 15) is 4.79 Å². The average Bonchev–Trinajstić information content (AvgIpc) is 2.04. The van der Waals surface area contributed by atoms with Gasteiger partial charge in [0.25, 0.3) is 0 Å². The highest BCUT2D eigenvalue weighted by atomic mass is 32.1. The molecular weight excluding hydrogens is 174 g/mol. The largest absolute Gasteiger partial charge is 0.480 e. The van der Waals surface area contributed by atoms with E-state index in [2.05, 4.69) is 12.6 Å². The van der Waals surface area contributed by atoms with Gasteiger partial charge in [0.05, 0.1) is 0 Å². The fourth-order valence-electron chi connectivity index (χ4n) is 1.70. The molecule has 0 bridgehead atoms. The number of aliphatic carboxylic acids is 1. The predicted molar refractivity (Wildman–Crippen MR) is 50.4 cm³/mol. The van der Waals surface area contributed by atoms with Crippen LogP contribution in [-0.2, 0) is 4.79 Å². The maximum Gasteiger partial charge on any atom is 0.321 e. The van der Waals surface area contributed by atoms with Crippen LogP contribution in [0.2, 0.25) is 0 Å². The van der Waals surface area contributed by atoms with Crippen LogP contribution in [0.1, 0.15) is 32.1 Å². The molecule has 1 saturated carbocycles. The summed E-state index contributed by atoms with van der Waals surface area (Å²) < 4.78 is -0.468. The van der Waals surface area contributed by atoms with E-state index in [1.807, 2.05) is 0 Å². The number of rotatable bonds is 2. The van der Waals surface area contributed by atoms with Crippen LogP contribution in [0.15, 0.2) is 0 Å². The second kappa shape index (κ2) is 3.66. The summed E-state index contributed by atoms with van der Waals surface area (Å²) in [5, 5.41) is 8.73. The zero-order chi connectivity index (χ0) is 9.19. The highest BCUT2D eigenvalue weighted by molar-refractivity contribution is 7.82. The van der Waals surface area contributed by atoms with Crippen LogP contribution in [0.3, 0.4) is 0 Å². The normalized spacial score (nSPS) is 24.8. The number of nitrogens with two attached hydrogens (primary N) is 1. The van der Waals surface area contributed by atoms with Gasteiger partial charge in [-0.15, -0.1) is 0 Å². The minimum absolute atomic E-state index is 0.468. The second-order valence-electron chi connectivity index (χ2n) is 3.48. The number of thiol groups is 1. The summed E-state index contributed by atoms with van der Waals surface area (Å²) >= 11 is 4.38. The van der Waals surface area contributed by atoms with Gasteiger partial charge in [-0.25, -0.2) is 0 Å². The highest BCUT2D eigenvalue weighted by Crippen LogP contribution is 2.35. The van der Waals surface area contributed by atoms with E-state index in [0.717, 1.165) is 25.7 Å². The Morgan fingerprint density at radius 1 is 1.42 bits per heavy atom. The van der Waals surface area contributed by atoms with Crippen LogP contribution < -0.4 is 5.73 Å². The molecule has 0 heterocycles. The fourth-order valence-corrected chi connectivity index (χ4v) is 2.13. The van der Waals surface area contributed by atoms with E-state index in [0.29, 0.717) is 0 Å². The molecule has 4 heteroatoms. The number of carboxylic acid groups (broad SMARTS) is 1. The number of hydrogen-bond donors (Lipinski definition) is 3. The Labute approximate surface area is 77.7 Å². The molecule has 1 fully saturated rings. The van der Waals surface area contributed by atoms with Gasteiger partial charge in [-0.2, -0.15) is 12.6 Å². The van der Waals surface area contributed by atoms with Crippen molar-refractivity contribution < 1.29 is 9.90 Å². The first-order valence-electron chi connectivity index (χ1n) is 4.27. The van der Waals surface area contributed by atoms with Crippen LogP contribution in [0.5, 0.6) is 0 Å². The van der Waals surface area contributed by atoms with Gasteiger partial charge in [0.2, 0.25) is 0 Å². The zero-order valence-electron chi connectivity index (χ0n) is 6.99. The Bertz CT molecular complexity index is 178. The van der Waals surface area contributed by atoms with Gasteiger partial charge in [0.15, 0.2) is 0 Å². The molecule has 0 aromatic carbocycles. The van der Waals surface area contributed by atoms with Gasteiger partial charge >= 0.3 is 5.97 Å². The van der Waals surface area contributed by atoms with Gasteiger partial charge in [-0.1, -0.05) is 19.3 Å². The van der Waals surface area contributed by atoms with E-state index in [1.54, 1.807) is 0 Å². The Hall–Kier alpha value is -0.220. The Kier molecular flexibility index (Phi) is 3.01. The molecule has 0 spiro atoms. The molecule has 1 atom stereocenters. The SMILES string of the molecule is N[C@H](C(=O)O)C1(S)CCCCC1. The van der Waals surface area contributed by atoms with Crippen molar-refractivity contribution in [2.45, 2.75) is 42.9 Å². The standard InChI is InChI=1S/C8H15NO2S/c9-6(7(10)11)8(12)4-2-1-3-5-8/h6,12H,1-5,9H2,(H,10,11)/t6-/m1/s1. The van der Waals surface area contributed by atoms with Crippen LogP contribution in [-0.4, -0.2) is 21.9 Å². The van der Waals surface area contributed by atoms with Gasteiger partial charge in [0.1, 0.15) is 6.04 Å². The molecule has 0 radical (unpaired) electrons. The first-order chi connectivity index (χ1) is 5.56. The quantitative estimate of drug-likeness (QED) is 0.568. The minimum Gasteiger partial charge on any atom is -0.480 e. The molecule has 1 rings (SSSR count). The molecule has 0 aliphatic heterocycles. The molecule has 3 nitrogen and oxygen atoms in total. The summed E-state index contributed by atoms with van der Waals surface area (Å²) in [6, 6.07) is -0.818. The maximum atomic E-state index is 10.6. The molecule has 0 saturated heterocycles. The van der Waals surface area contributed by atoms with Crippen LogP contribution >= 0.6 is 12.6 Å². The summed E-state index contributed by atoms with van der Waals surface area (Å²) in [5.74, 6) is -0.938. The Morgan fingerprint density at radius 2 is 1.92 bits per heavy atom. The van der Waals surface area contributed by atoms with E-state index in [4.69, 9.17) is 10.8 Å². The van der Waals surface area contributed by atoms with Crippen LogP contribution in [0, 0.1) is 0 Å². The van der Waals surface area contributed by atoms with Crippen molar-refractivity contribution >= 4 is 18.6 Å². The molecule has 0 unspecified atom stereocenters. The molecule has 12 heavy (non-hydrogen) atoms. The molecule has 1 aliphatic rings. The summed E-state index contributed by atoms with van der Waals surface area (Å²) in [4.78, 5) is 10.6. The molecule has 0 aromatic heterocycles. The lowest BCUT2D eigenvalue weighted by Crippen LogP contribution is -2.50. The van der Waals surface area contributed by atoms with E-state index < -0.39 is 16.8 Å². The fraction of sp³-hybridized carbons (Fsp3) is 0.875. The van der Waals surface area contributed by atoms with Crippen molar-refractivity contribution in [2.24, 2.45) is 5.73 Å². The van der Waals surface area contributed by atoms with E-state index >= 15 is 0 Å². The second-order valence-corrected chi connectivity index (χ2v) is 4.37. The Morgan fingerprint density at radius 3 is 2.33 bits per heavy atom. The molecule has 0 aromatic rings. The smallest absolute Gasteiger partial charge is 0.321 e. The third kappa shape index (κ3) is 1.93. The zero-order valence-corrected chi connectivity index (χ0v) is 7.89. The molecule has 0 amide bonds. The summed E-state index contributed by atoms with van der Waals surface area (Å²) in [6.07, 6.45) is 4.91. The molecular formula is C8H15NO2S. The third-order valence-electron chi connectivity index (χ3n) is 2.56. The lowest BCUT2D eigenvalue weighted by Gasteiger charge is -2.35. The molecule has 3 N–H and O–H groups in total. The minimum atomic E-state index is -0.938. The van der Waals surface area contributed by atoms with Crippen molar-refractivity contribution in [3.63, 3.8) is 0 Å². The van der Waals surface area contributed by atoms with Crippen molar-refractivity contribution in [1.82, 2.24) is 0 Å². The van der Waals surface area contributed by atoms with E-state index in [1.165, 1.54) is 6.42 Å². The van der Waals surface area contributed by atoms with Crippen molar-refractivity contribution in [2.75, 3.05) is 0 Å². The number of carbonyl (C=O) groups is 1. The predicted octanol–water partition coefficient (Wildman–Crippen LogP) is 1.03. The lowest BCUT2D eigenvalue weighted by molar-refractivity contribution is -0.139. The maximum absolute atomic E-state index is 10.6. The van der Waals surface area contributed by atoms with Crippen molar-refractivity contribution in [3.05, 3.63) is 0 Å². The number of carboxylic acids is 1. The van der Waals surface area contributed by atoms with Gasteiger partial charge in [-0.3, -0.25) is 4.79 Å². The first kappa shape index (κ1) is 9.86. The lowest BCUT2D eigenvalue weighted by atomic mass is 9.83. The molecule has 1 aliphatic carbocycles. The average molecular weight is 189 g/mol.